The fourth-order valence-electron chi connectivity index (χ4n) is 0.945. The summed E-state index contributed by atoms with van der Waals surface area (Å²) in [5, 5.41) is 1.30. The topological polar surface area (TPSA) is 20.3 Å². The highest BCUT2D eigenvalue weighted by atomic mass is 32.2. The monoisotopic (exact) mass is 191 g/mol. The summed E-state index contributed by atoms with van der Waals surface area (Å²) < 4.78 is 0. The Hall–Kier alpha value is 0.330. The lowest BCUT2D eigenvalue weighted by atomic mass is 10.3. The molecule has 0 bridgehead atoms. The second-order valence-corrected chi connectivity index (χ2v) is 5.39. The van der Waals surface area contributed by atoms with Crippen molar-refractivity contribution in [2.24, 2.45) is 0 Å². The van der Waals surface area contributed by atoms with Gasteiger partial charge in [0, 0.05) is 11.6 Å². The lowest BCUT2D eigenvalue weighted by Gasteiger charge is -2.22. The van der Waals surface area contributed by atoms with E-state index in [0.29, 0.717) is 11.5 Å². The summed E-state index contributed by atoms with van der Waals surface area (Å²) in [6.45, 7) is 0.893. The third-order valence-corrected chi connectivity index (χ3v) is 4.00. The van der Waals surface area contributed by atoms with E-state index >= 15 is 0 Å². The maximum atomic E-state index is 11.3. The summed E-state index contributed by atoms with van der Waals surface area (Å²) >= 11 is 3.50. The Balaban J connectivity index is 2.36. The molecule has 1 saturated heterocycles. The highest BCUT2D eigenvalue weighted by Gasteiger charge is 2.23. The number of thioether (sulfide) groups is 2. The van der Waals surface area contributed by atoms with Crippen molar-refractivity contribution in [3.8, 4) is 0 Å². The molecule has 1 heterocycles. The summed E-state index contributed by atoms with van der Waals surface area (Å²) in [6, 6.07) is 0. The first kappa shape index (κ1) is 9.42. The van der Waals surface area contributed by atoms with Crippen LogP contribution in [0.5, 0.6) is 0 Å². The van der Waals surface area contributed by atoms with E-state index in [2.05, 4.69) is 4.90 Å². The summed E-state index contributed by atoms with van der Waals surface area (Å²) in [5.74, 6) is 1.12. The van der Waals surface area contributed by atoms with Crippen molar-refractivity contribution in [3.05, 3.63) is 0 Å². The van der Waals surface area contributed by atoms with Gasteiger partial charge in [0.2, 0.25) is 0 Å². The van der Waals surface area contributed by atoms with Crippen LogP contribution in [0.1, 0.15) is 0 Å². The molecule has 0 spiro atoms. The Morgan fingerprint density at radius 1 is 1.64 bits per heavy atom. The van der Waals surface area contributed by atoms with Crippen LogP contribution in [0.4, 0.5) is 0 Å². The van der Waals surface area contributed by atoms with E-state index in [-0.39, 0.29) is 5.25 Å². The molecule has 0 aromatic rings. The molecule has 0 saturated carbocycles. The summed E-state index contributed by atoms with van der Waals surface area (Å²) in [5.41, 5.74) is 0. The van der Waals surface area contributed by atoms with E-state index in [4.69, 9.17) is 0 Å². The normalized spacial score (nSPS) is 26.1. The molecule has 1 rings (SSSR count). The molecular weight excluding hydrogens is 178 g/mol. The fraction of sp³-hybridized carbons (Fsp3) is 0.857. The Morgan fingerprint density at radius 2 is 2.36 bits per heavy atom. The molecule has 0 amide bonds. The minimum absolute atomic E-state index is 0.228. The molecular formula is C7H13NOS2. The van der Waals surface area contributed by atoms with Crippen LogP contribution < -0.4 is 0 Å². The van der Waals surface area contributed by atoms with Gasteiger partial charge in [-0.3, -0.25) is 4.79 Å². The maximum absolute atomic E-state index is 11.3. The Bertz CT molecular complexity index is 149. The fourth-order valence-corrected chi connectivity index (χ4v) is 3.50. The zero-order valence-corrected chi connectivity index (χ0v) is 8.50. The Morgan fingerprint density at radius 3 is 2.91 bits per heavy atom. The van der Waals surface area contributed by atoms with E-state index in [1.165, 1.54) is 0 Å². The highest BCUT2D eigenvalue weighted by Crippen LogP contribution is 2.25. The molecule has 11 heavy (non-hydrogen) atoms. The number of rotatable bonds is 2. The molecule has 1 fully saturated rings. The maximum Gasteiger partial charge on any atom is 0.157 e. The van der Waals surface area contributed by atoms with Gasteiger partial charge in [-0.15, -0.1) is 23.5 Å². The minimum Gasteiger partial charge on any atom is -0.308 e. The molecule has 2 nitrogen and oxygen atoms in total. The van der Waals surface area contributed by atoms with Gasteiger partial charge < -0.3 is 4.90 Å². The number of nitrogens with zero attached hydrogens (tertiary/aromatic N) is 1. The quantitative estimate of drug-likeness (QED) is 0.646. The summed E-state index contributed by atoms with van der Waals surface area (Å²) in [6.07, 6.45) is 0. The lowest BCUT2D eigenvalue weighted by Crippen LogP contribution is -2.33. The van der Waals surface area contributed by atoms with Crippen molar-refractivity contribution >= 4 is 29.3 Å². The first-order valence-corrected chi connectivity index (χ1v) is 5.77. The zero-order valence-electron chi connectivity index (χ0n) is 6.87. The van der Waals surface area contributed by atoms with Gasteiger partial charge in [-0.25, -0.2) is 0 Å². The van der Waals surface area contributed by atoms with Crippen LogP contribution >= 0.6 is 23.5 Å². The standard InChI is InChI=1S/C7H13NOS2/c1-8(2)3-7-6(9)4-10-5-11-7/h7H,3-5H2,1-2H3. The van der Waals surface area contributed by atoms with Crippen molar-refractivity contribution in [2.45, 2.75) is 5.25 Å². The average Bonchev–Trinajstić information content (AvgIpc) is 1.93. The smallest absolute Gasteiger partial charge is 0.157 e. The zero-order chi connectivity index (χ0) is 8.27. The van der Waals surface area contributed by atoms with Gasteiger partial charge in [-0.05, 0) is 14.1 Å². The van der Waals surface area contributed by atoms with Crippen molar-refractivity contribution in [1.29, 1.82) is 0 Å². The predicted octanol–water partition coefficient (Wildman–Crippen LogP) is 0.923. The second kappa shape index (κ2) is 4.38. The van der Waals surface area contributed by atoms with Crippen LogP contribution in [0.3, 0.4) is 0 Å². The molecule has 1 aliphatic heterocycles. The van der Waals surface area contributed by atoms with E-state index in [1.54, 1.807) is 23.5 Å². The minimum atomic E-state index is 0.228. The molecule has 0 radical (unpaired) electrons. The molecule has 64 valence electrons. The van der Waals surface area contributed by atoms with Crippen LogP contribution in [0, 0.1) is 0 Å². The average molecular weight is 191 g/mol. The van der Waals surface area contributed by atoms with Gasteiger partial charge in [-0.1, -0.05) is 0 Å². The first-order valence-electron chi connectivity index (χ1n) is 3.57. The molecule has 0 aromatic heterocycles. The predicted molar refractivity (Wildman–Crippen MR) is 52.3 cm³/mol. The number of carbonyl (C=O) groups is 1. The van der Waals surface area contributed by atoms with Crippen LogP contribution in [-0.2, 0) is 4.79 Å². The first-order chi connectivity index (χ1) is 5.20. The van der Waals surface area contributed by atoms with Crippen LogP contribution in [0.25, 0.3) is 0 Å². The number of Topliss-reactive ketones (excluding diaryl/α,β-unsaturated/α-hetero) is 1. The van der Waals surface area contributed by atoms with Gasteiger partial charge in [0.1, 0.15) is 0 Å². The molecule has 0 aliphatic carbocycles. The van der Waals surface area contributed by atoms with E-state index in [0.717, 1.165) is 11.6 Å². The Kier molecular flexibility index (Phi) is 3.75. The number of ketones is 1. The number of hydrogen-bond donors (Lipinski definition) is 0. The molecule has 0 N–H and O–H groups in total. The SMILES string of the molecule is CN(C)CC1SCSCC1=O. The molecule has 4 heteroatoms. The van der Waals surface area contributed by atoms with Crippen molar-refractivity contribution in [1.82, 2.24) is 4.90 Å². The van der Waals surface area contributed by atoms with E-state index in [1.807, 2.05) is 14.1 Å². The molecule has 1 atom stereocenters. The molecule has 0 aromatic carbocycles. The van der Waals surface area contributed by atoms with Crippen molar-refractivity contribution in [2.75, 3.05) is 31.5 Å². The third kappa shape index (κ3) is 3.05. The Labute approximate surface area is 76.1 Å². The van der Waals surface area contributed by atoms with Crippen LogP contribution in [-0.4, -0.2) is 47.4 Å². The second-order valence-electron chi connectivity index (χ2n) is 2.85. The van der Waals surface area contributed by atoms with Gasteiger partial charge in [0.25, 0.3) is 0 Å². The lowest BCUT2D eigenvalue weighted by molar-refractivity contribution is -0.116. The highest BCUT2D eigenvalue weighted by molar-refractivity contribution is 8.18. The van der Waals surface area contributed by atoms with Crippen molar-refractivity contribution in [3.63, 3.8) is 0 Å². The van der Waals surface area contributed by atoms with E-state index in [9.17, 15) is 4.79 Å². The van der Waals surface area contributed by atoms with Gasteiger partial charge in [-0.2, -0.15) is 0 Å². The van der Waals surface area contributed by atoms with Gasteiger partial charge >= 0.3 is 0 Å². The molecule has 1 aliphatic rings. The number of hydrogen-bond acceptors (Lipinski definition) is 4. The van der Waals surface area contributed by atoms with Crippen LogP contribution in [0.2, 0.25) is 0 Å². The summed E-state index contributed by atoms with van der Waals surface area (Å²) in [7, 11) is 4.02. The largest absolute Gasteiger partial charge is 0.308 e. The molecule has 1 unspecified atom stereocenters. The summed E-state index contributed by atoms with van der Waals surface area (Å²) in [4.78, 5) is 13.3. The van der Waals surface area contributed by atoms with E-state index < -0.39 is 0 Å². The van der Waals surface area contributed by atoms with Crippen molar-refractivity contribution < 1.29 is 4.79 Å². The van der Waals surface area contributed by atoms with Gasteiger partial charge in [0.05, 0.1) is 11.0 Å². The van der Waals surface area contributed by atoms with Gasteiger partial charge in [0.15, 0.2) is 5.78 Å². The third-order valence-electron chi connectivity index (χ3n) is 1.49. The number of carbonyl (C=O) groups excluding carboxylic acids is 1. The van der Waals surface area contributed by atoms with Crippen LogP contribution in [0.15, 0.2) is 0 Å².